The number of nitrogens with one attached hydrogen (secondary N) is 3. The van der Waals surface area contributed by atoms with E-state index >= 15 is 0 Å². The Morgan fingerprint density at radius 1 is 1.36 bits per heavy atom. The molecule has 5 N–H and O–H groups in total. The zero-order chi connectivity index (χ0) is 19.5. The van der Waals surface area contributed by atoms with E-state index in [1.165, 1.54) is 0 Å². The SMILES string of the molecule is N#Cc1nccc(-c2ccc(N)c(C(=N)C3=CC(N4CCOCC4)NN3)c2)p1. The molecule has 28 heavy (non-hydrogen) atoms. The molecule has 1 aromatic carbocycles. The Labute approximate surface area is 164 Å². The van der Waals surface area contributed by atoms with Gasteiger partial charge in [-0.2, -0.15) is 5.26 Å². The molecule has 9 heteroatoms. The van der Waals surface area contributed by atoms with Gasteiger partial charge < -0.3 is 15.9 Å². The van der Waals surface area contributed by atoms with E-state index in [2.05, 4.69) is 26.8 Å². The molecule has 1 fully saturated rings. The van der Waals surface area contributed by atoms with Crippen LogP contribution in [0.4, 0.5) is 5.69 Å². The number of allylic oxidation sites excluding steroid dienone is 1. The van der Waals surface area contributed by atoms with Gasteiger partial charge in [0.2, 0.25) is 0 Å². The first-order valence-corrected chi connectivity index (χ1v) is 9.82. The number of nitrogens with two attached hydrogens (primary N) is 1. The Morgan fingerprint density at radius 2 is 2.18 bits per heavy atom. The summed E-state index contributed by atoms with van der Waals surface area (Å²) in [6.45, 7) is 3.13. The zero-order valence-electron chi connectivity index (χ0n) is 15.1. The summed E-state index contributed by atoms with van der Waals surface area (Å²) < 4.78 is 5.40. The third-order valence-electron chi connectivity index (χ3n) is 4.76. The molecule has 142 valence electrons. The molecular weight excluding hydrogens is 373 g/mol. The highest BCUT2D eigenvalue weighted by Gasteiger charge is 2.25. The van der Waals surface area contributed by atoms with Crippen molar-refractivity contribution in [2.75, 3.05) is 32.0 Å². The molecule has 8 nitrogen and oxygen atoms in total. The van der Waals surface area contributed by atoms with Crippen molar-refractivity contribution in [3.05, 3.63) is 53.2 Å². The lowest BCUT2D eigenvalue weighted by Gasteiger charge is -2.30. The molecule has 2 aromatic rings. The Bertz CT molecular complexity index is 978. The van der Waals surface area contributed by atoms with E-state index in [1.807, 2.05) is 24.3 Å². The van der Waals surface area contributed by atoms with Gasteiger partial charge in [0.25, 0.3) is 0 Å². The third-order valence-corrected chi connectivity index (χ3v) is 5.84. The topological polar surface area (TPSA) is 123 Å². The van der Waals surface area contributed by atoms with Crippen LogP contribution < -0.4 is 16.6 Å². The smallest absolute Gasteiger partial charge is 0.167 e. The van der Waals surface area contributed by atoms with Gasteiger partial charge in [-0.15, -0.1) is 0 Å². The first-order chi connectivity index (χ1) is 13.7. The fourth-order valence-corrected chi connectivity index (χ4v) is 4.05. The van der Waals surface area contributed by atoms with Gasteiger partial charge in [-0.25, -0.2) is 10.4 Å². The molecule has 1 saturated heterocycles. The Morgan fingerprint density at radius 3 is 2.96 bits per heavy atom. The maximum absolute atomic E-state index is 9.09. The van der Waals surface area contributed by atoms with Crippen LogP contribution in [0.25, 0.3) is 10.9 Å². The van der Waals surface area contributed by atoms with Crippen molar-refractivity contribution in [1.29, 1.82) is 10.7 Å². The standard InChI is InChI=1S/C19H20N7OP/c20-11-18-23-4-3-16(28-18)12-1-2-14(21)13(9-12)19(22)15-10-17(25-24-15)26-5-7-27-8-6-26/h1-4,9-10,17,22,24-25H,5-8,21H2. The number of hydrogen-bond acceptors (Lipinski definition) is 8. The van der Waals surface area contributed by atoms with Crippen LogP contribution in [0.2, 0.25) is 0 Å². The van der Waals surface area contributed by atoms with E-state index in [9.17, 15) is 0 Å². The summed E-state index contributed by atoms with van der Waals surface area (Å²) in [5, 5.41) is 18.7. The number of nitrogen functional groups attached to an aromatic ring is 1. The number of anilines is 1. The fourth-order valence-electron chi connectivity index (χ4n) is 3.24. The number of morpholine rings is 1. The Balaban J connectivity index is 1.60. The molecule has 4 rings (SSSR count). The molecule has 0 spiro atoms. The number of benzene rings is 1. The number of rotatable bonds is 4. The minimum atomic E-state index is 0.0206. The number of aromatic nitrogens is 1. The van der Waals surface area contributed by atoms with Crippen LogP contribution in [-0.2, 0) is 4.74 Å². The van der Waals surface area contributed by atoms with Gasteiger partial charge in [0.1, 0.15) is 6.07 Å². The third kappa shape index (κ3) is 3.75. The molecule has 0 saturated carbocycles. The average Bonchev–Trinajstić information content (AvgIpc) is 3.24. The normalized spacial score (nSPS) is 19.8. The number of hydrogen-bond donors (Lipinski definition) is 4. The number of nitriles is 1. The molecule has 2 aliphatic rings. The molecule has 1 unspecified atom stereocenters. The monoisotopic (exact) mass is 393 g/mol. The minimum Gasteiger partial charge on any atom is -0.398 e. The molecular formula is C19H20N7OP. The van der Waals surface area contributed by atoms with Crippen molar-refractivity contribution >= 4 is 19.6 Å². The summed E-state index contributed by atoms with van der Waals surface area (Å²) in [4.78, 5) is 6.31. The molecule has 0 radical (unpaired) electrons. The van der Waals surface area contributed by atoms with Crippen molar-refractivity contribution in [2.45, 2.75) is 6.17 Å². The van der Waals surface area contributed by atoms with Gasteiger partial charge in [0.15, 0.2) is 5.43 Å². The summed E-state index contributed by atoms with van der Waals surface area (Å²) in [7, 11) is 0.755. The molecule has 3 heterocycles. The van der Waals surface area contributed by atoms with Crippen molar-refractivity contribution < 1.29 is 4.74 Å². The van der Waals surface area contributed by atoms with Crippen LogP contribution in [0.1, 0.15) is 11.0 Å². The van der Waals surface area contributed by atoms with E-state index < -0.39 is 0 Å². The Kier molecular flexibility index (Phi) is 5.33. The molecule has 0 bridgehead atoms. The van der Waals surface area contributed by atoms with Gasteiger partial charge in [0.05, 0.1) is 30.8 Å². The lowest BCUT2D eigenvalue weighted by molar-refractivity contribution is 0.0197. The zero-order valence-corrected chi connectivity index (χ0v) is 16.0. The van der Waals surface area contributed by atoms with Crippen LogP contribution >= 0.6 is 8.19 Å². The summed E-state index contributed by atoms with van der Waals surface area (Å²) in [5.41, 5.74) is 16.1. The van der Waals surface area contributed by atoms with E-state index in [4.69, 9.17) is 21.1 Å². The van der Waals surface area contributed by atoms with Gasteiger partial charge in [-0.05, 0) is 38.0 Å². The molecule has 0 amide bonds. The number of ether oxygens (including phenoxy) is 1. The Hall–Kier alpha value is -2.82. The maximum Gasteiger partial charge on any atom is 0.167 e. The van der Waals surface area contributed by atoms with Crippen molar-refractivity contribution in [3.8, 4) is 16.9 Å². The molecule has 0 aliphatic carbocycles. The van der Waals surface area contributed by atoms with Crippen LogP contribution in [-0.4, -0.2) is 48.1 Å². The van der Waals surface area contributed by atoms with Crippen LogP contribution in [0, 0.1) is 16.7 Å². The van der Waals surface area contributed by atoms with E-state index in [1.54, 1.807) is 12.3 Å². The second-order valence-electron chi connectivity index (χ2n) is 6.50. The summed E-state index contributed by atoms with van der Waals surface area (Å²) in [6, 6.07) is 9.58. The lowest BCUT2D eigenvalue weighted by atomic mass is 10.0. The maximum atomic E-state index is 9.09. The number of hydrazine groups is 1. The van der Waals surface area contributed by atoms with E-state index in [0.717, 1.165) is 32.1 Å². The predicted octanol–water partition coefficient (Wildman–Crippen LogP) is 1.80. The summed E-state index contributed by atoms with van der Waals surface area (Å²) >= 11 is 0. The average molecular weight is 393 g/mol. The molecule has 1 aromatic heterocycles. The first-order valence-electron chi connectivity index (χ1n) is 8.93. The van der Waals surface area contributed by atoms with Gasteiger partial charge in [0, 0.05) is 35.8 Å². The predicted molar refractivity (Wildman–Crippen MR) is 109 cm³/mol. The van der Waals surface area contributed by atoms with E-state index in [0.29, 0.717) is 41.3 Å². The number of nitrogens with zero attached hydrogens (tertiary/aromatic N) is 3. The summed E-state index contributed by atoms with van der Waals surface area (Å²) in [6.07, 6.45) is 3.66. The van der Waals surface area contributed by atoms with Gasteiger partial charge in [-0.1, -0.05) is 6.07 Å². The lowest BCUT2D eigenvalue weighted by Crippen LogP contribution is -2.50. The highest BCUT2D eigenvalue weighted by Crippen LogP contribution is 2.31. The quantitative estimate of drug-likeness (QED) is 0.461. The second kappa shape index (κ2) is 8.05. The first kappa shape index (κ1) is 18.5. The van der Waals surface area contributed by atoms with Crippen molar-refractivity contribution in [1.82, 2.24) is 20.7 Å². The second-order valence-corrected chi connectivity index (χ2v) is 7.63. The van der Waals surface area contributed by atoms with Crippen molar-refractivity contribution in [3.63, 3.8) is 0 Å². The van der Waals surface area contributed by atoms with Crippen LogP contribution in [0.15, 0.2) is 42.2 Å². The highest BCUT2D eigenvalue weighted by molar-refractivity contribution is 7.34. The van der Waals surface area contributed by atoms with E-state index in [-0.39, 0.29) is 6.17 Å². The van der Waals surface area contributed by atoms with Crippen LogP contribution in [0.3, 0.4) is 0 Å². The fraction of sp³-hybridized carbons (Fsp3) is 0.263. The highest BCUT2D eigenvalue weighted by atomic mass is 31.0. The molecule has 1 atom stereocenters. The van der Waals surface area contributed by atoms with Crippen LogP contribution in [0.5, 0.6) is 0 Å². The van der Waals surface area contributed by atoms with Gasteiger partial charge >= 0.3 is 0 Å². The minimum absolute atomic E-state index is 0.0206. The summed E-state index contributed by atoms with van der Waals surface area (Å²) in [5.74, 6) is 0. The largest absolute Gasteiger partial charge is 0.398 e. The van der Waals surface area contributed by atoms with Crippen molar-refractivity contribution in [2.24, 2.45) is 0 Å². The molecule has 2 aliphatic heterocycles. The van der Waals surface area contributed by atoms with Gasteiger partial charge in [-0.3, -0.25) is 10.3 Å².